The van der Waals surface area contributed by atoms with E-state index < -0.39 is 5.97 Å². The highest BCUT2D eigenvalue weighted by atomic mass is 35.5. The Balaban J connectivity index is 3.17. The van der Waals surface area contributed by atoms with Gasteiger partial charge in [-0.05, 0) is 6.07 Å². The fourth-order valence-electron chi connectivity index (χ4n) is 0.688. The molecule has 4 nitrogen and oxygen atoms in total. The van der Waals surface area contributed by atoms with Crippen molar-refractivity contribution in [3.05, 3.63) is 22.8 Å². The van der Waals surface area contributed by atoms with E-state index in [1.54, 1.807) is 0 Å². The van der Waals surface area contributed by atoms with Crippen LogP contribution in [0, 0.1) is 0 Å². The molecule has 1 heterocycles. The van der Waals surface area contributed by atoms with Crippen molar-refractivity contribution in [3.8, 4) is 5.88 Å². The molecule has 0 atom stereocenters. The van der Waals surface area contributed by atoms with Gasteiger partial charge in [0.05, 0.1) is 12.1 Å². The lowest BCUT2D eigenvalue weighted by Gasteiger charge is -2.00. The van der Waals surface area contributed by atoms with Gasteiger partial charge >= 0.3 is 5.97 Å². The lowest BCUT2D eigenvalue weighted by Crippen LogP contribution is -2.02. The third kappa shape index (κ3) is 1.65. The molecule has 1 aromatic rings. The molecule has 12 heavy (non-hydrogen) atoms. The standard InChI is InChI=1S/C7H6ClNO3/c1-12-5-3-2-4(8)6(9-5)7(10)11/h2-3H,1H3,(H,10,11). The molecule has 0 aromatic carbocycles. The molecule has 1 aromatic heterocycles. The minimum absolute atomic E-state index is 0.100. The average Bonchev–Trinajstić information content (AvgIpc) is 2.05. The van der Waals surface area contributed by atoms with E-state index in [0.717, 1.165) is 0 Å². The van der Waals surface area contributed by atoms with Crippen molar-refractivity contribution in [2.24, 2.45) is 0 Å². The van der Waals surface area contributed by atoms with E-state index in [0.29, 0.717) is 0 Å². The Hall–Kier alpha value is -1.29. The summed E-state index contributed by atoms with van der Waals surface area (Å²) in [6.07, 6.45) is 0. The number of pyridine rings is 1. The summed E-state index contributed by atoms with van der Waals surface area (Å²) in [5.74, 6) is -0.935. The van der Waals surface area contributed by atoms with Gasteiger partial charge in [-0.25, -0.2) is 9.78 Å². The van der Waals surface area contributed by atoms with E-state index in [9.17, 15) is 4.79 Å². The van der Waals surface area contributed by atoms with Crippen molar-refractivity contribution in [3.63, 3.8) is 0 Å². The zero-order chi connectivity index (χ0) is 9.14. The maximum atomic E-state index is 10.5. The predicted octanol–water partition coefficient (Wildman–Crippen LogP) is 1.44. The summed E-state index contributed by atoms with van der Waals surface area (Å²) in [4.78, 5) is 14.1. The summed E-state index contributed by atoms with van der Waals surface area (Å²) in [5.41, 5.74) is -0.198. The second-order valence-electron chi connectivity index (χ2n) is 1.99. The zero-order valence-corrected chi connectivity index (χ0v) is 7.00. The molecular formula is C7H6ClNO3. The Labute approximate surface area is 73.8 Å². The van der Waals surface area contributed by atoms with Gasteiger partial charge in [0.25, 0.3) is 0 Å². The highest BCUT2D eigenvalue weighted by molar-refractivity contribution is 6.33. The number of hydrogen-bond acceptors (Lipinski definition) is 3. The summed E-state index contributed by atoms with van der Waals surface area (Å²) in [5, 5.41) is 8.68. The average molecular weight is 188 g/mol. The van der Waals surface area contributed by atoms with Gasteiger partial charge in [0.15, 0.2) is 5.69 Å². The maximum Gasteiger partial charge on any atom is 0.356 e. The topological polar surface area (TPSA) is 59.4 Å². The van der Waals surface area contributed by atoms with Crippen LogP contribution >= 0.6 is 11.6 Å². The molecule has 0 saturated carbocycles. The van der Waals surface area contributed by atoms with Crippen molar-refractivity contribution in [1.82, 2.24) is 4.98 Å². The zero-order valence-electron chi connectivity index (χ0n) is 6.24. The summed E-state index contributed by atoms with van der Waals surface area (Å²) < 4.78 is 4.73. The van der Waals surface area contributed by atoms with Gasteiger partial charge in [0.2, 0.25) is 5.88 Å². The number of hydrogen-bond donors (Lipinski definition) is 1. The van der Waals surface area contributed by atoms with E-state index in [1.807, 2.05) is 0 Å². The molecule has 0 spiro atoms. The smallest absolute Gasteiger partial charge is 0.356 e. The Kier molecular flexibility index (Phi) is 2.50. The predicted molar refractivity (Wildman–Crippen MR) is 42.8 cm³/mol. The summed E-state index contributed by atoms with van der Waals surface area (Å²) in [7, 11) is 1.40. The van der Waals surface area contributed by atoms with E-state index in [1.165, 1.54) is 19.2 Å². The molecule has 1 rings (SSSR count). The number of aromatic nitrogens is 1. The van der Waals surface area contributed by atoms with Crippen LogP contribution in [0.5, 0.6) is 5.88 Å². The van der Waals surface area contributed by atoms with Crippen LogP contribution in [0.15, 0.2) is 12.1 Å². The van der Waals surface area contributed by atoms with Gasteiger partial charge in [-0.2, -0.15) is 0 Å². The van der Waals surface area contributed by atoms with Crippen LogP contribution in [0.4, 0.5) is 0 Å². The van der Waals surface area contributed by atoms with Gasteiger partial charge < -0.3 is 9.84 Å². The fourth-order valence-corrected chi connectivity index (χ4v) is 0.874. The monoisotopic (exact) mass is 187 g/mol. The molecule has 0 amide bonds. The first-order valence-electron chi connectivity index (χ1n) is 3.09. The fraction of sp³-hybridized carbons (Fsp3) is 0.143. The minimum atomic E-state index is -1.17. The normalized spacial score (nSPS) is 9.50. The Morgan fingerprint density at radius 2 is 2.33 bits per heavy atom. The van der Waals surface area contributed by atoms with Crippen LogP contribution in [0.25, 0.3) is 0 Å². The number of carboxylic acid groups (broad SMARTS) is 1. The van der Waals surface area contributed by atoms with E-state index in [-0.39, 0.29) is 16.6 Å². The van der Waals surface area contributed by atoms with Crippen molar-refractivity contribution in [2.75, 3.05) is 7.11 Å². The Bertz CT molecular complexity index is 314. The molecule has 0 aliphatic rings. The third-order valence-corrected chi connectivity index (χ3v) is 1.54. The van der Waals surface area contributed by atoms with Crippen LogP contribution in [0.3, 0.4) is 0 Å². The summed E-state index contributed by atoms with van der Waals surface area (Å²) >= 11 is 5.55. The van der Waals surface area contributed by atoms with Gasteiger partial charge in [0, 0.05) is 6.07 Å². The van der Waals surface area contributed by atoms with E-state index in [2.05, 4.69) is 4.98 Å². The first kappa shape index (κ1) is 8.80. The molecule has 0 radical (unpaired) electrons. The van der Waals surface area contributed by atoms with Crippen molar-refractivity contribution in [1.29, 1.82) is 0 Å². The van der Waals surface area contributed by atoms with E-state index >= 15 is 0 Å². The van der Waals surface area contributed by atoms with Crippen molar-refractivity contribution >= 4 is 17.6 Å². The first-order valence-corrected chi connectivity index (χ1v) is 3.46. The third-order valence-electron chi connectivity index (χ3n) is 1.23. The molecule has 5 heteroatoms. The molecule has 0 bridgehead atoms. The number of aromatic carboxylic acids is 1. The molecule has 0 saturated heterocycles. The molecule has 0 aliphatic carbocycles. The summed E-state index contributed by atoms with van der Waals surface area (Å²) in [6, 6.07) is 2.92. The van der Waals surface area contributed by atoms with Gasteiger partial charge in [-0.1, -0.05) is 11.6 Å². The van der Waals surface area contributed by atoms with Crippen LogP contribution in [0.2, 0.25) is 5.02 Å². The van der Waals surface area contributed by atoms with Crippen molar-refractivity contribution < 1.29 is 14.6 Å². The number of methoxy groups -OCH3 is 1. The van der Waals surface area contributed by atoms with Crippen LogP contribution < -0.4 is 4.74 Å². The molecule has 0 fully saturated rings. The number of carboxylic acids is 1. The lowest BCUT2D eigenvalue weighted by molar-refractivity contribution is 0.0689. The highest BCUT2D eigenvalue weighted by Gasteiger charge is 2.10. The highest BCUT2D eigenvalue weighted by Crippen LogP contribution is 2.17. The lowest BCUT2D eigenvalue weighted by atomic mass is 10.3. The summed E-state index contributed by atoms with van der Waals surface area (Å²) in [6.45, 7) is 0. The van der Waals surface area contributed by atoms with Crippen molar-refractivity contribution in [2.45, 2.75) is 0 Å². The van der Waals surface area contributed by atoms with Crippen LogP contribution in [-0.2, 0) is 0 Å². The number of halogens is 1. The number of carbonyl (C=O) groups is 1. The molecule has 1 N–H and O–H groups in total. The number of ether oxygens (including phenoxy) is 1. The molecule has 0 aliphatic heterocycles. The maximum absolute atomic E-state index is 10.5. The quantitative estimate of drug-likeness (QED) is 0.761. The first-order chi connectivity index (χ1) is 5.65. The number of rotatable bonds is 2. The Morgan fingerprint density at radius 3 is 2.83 bits per heavy atom. The largest absolute Gasteiger partial charge is 0.481 e. The van der Waals surface area contributed by atoms with Gasteiger partial charge in [-0.15, -0.1) is 0 Å². The molecule has 0 unspecified atom stereocenters. The molecule has 64 valence electrons. The second-order valence-corrected chi connectivity index (χ2v) is 2.40. The van der Waals surface area contributed by atoms with Gasteiger partial charge in [0.1, 0.15) is 0 Å². The van der Waals surface area contributed by atoms with Crippen LogP contribution in [-0.4, -0.2) is 23.2 Å². The van der Waals surface area contributed by atoms with Gasteiger partial charge in [-0.3, -0.25) is 0 Å². The SMILES string of the molecule is COc1ccc(Cl)c(C(=O)O)n1. The Morgan fingerprint density at radius 1 is 1.67 bits per heavy atom. The van der Waals surface area contributed by atoms with E-state index in [4.69, 9.17) is 21.4 Å². The second kappa shape index (κ2) is 3.40. The number of nitrogens with zero attached hydrogens (tertiary/aromatic N) is 1. The molecular weight excluding hydrogens is 182 g/mol. The van der Waals surface area contributed by atoms with Crippen LogP contribution in [0.1, 0.15) is 10.5 Å². The minimum Gasteiger partial charge on any atom is -0.481 e.